The van der Waals surface area contributed by atoms with Crippen molar-refractivity contribution in [1.82, 2.24) is 10.6 Å². The van der Waals surface area contributed by atoms with Gasteiger partial charge in [-0.3, -0.25) is 4.99 Å². The molecular weight excluding hydrogens is 476 g/mol. The van der Waals surface area contributed by atoms with Crippen LogP contribution < -0.4 is 10.6 Å². The van der Waals surface area contributed by atoms with Crippen LogP contribution in [0, 0.1) is 0 Å². The lowest BCUT2D eigenvalue weighted by atomic mass is 10.2. The normalized spacial score (nSPS) is 17.2. The molecule has 1 fully saturated rings. The molecule has 25 heavy (non-hydrogen) atoms. The van der Waals surface area contributed by atoms with Gasteiger partial charge in [0, 0.05) is 43.4 Å². The first-order chi connectivity index (χ1) is 11.7. The maximum Gasteiger partial charge on any atom is 0.191 e. The predicted octanol–water partition coefficient (Wildman–Crippen LogP) is 3.86. The van der Waals surface area contributed by atoms with Gasteiger partial charge in [0.2, 0.25) is 0 Å². The zero-order chi connectivity index (χ0) is 17.2. The number of guanidine groups is 1. The molecule has 0 aliphatic carbocycles. The zero-order valence-electron chi connectivity index (χ0n) is 14.4. The van der Waals surface area contributed by atoms with Crippen LogP contribution >= 0.6 is 47.2 Å². The maximum absolute atomic E-state index is 6.16. The molecule has 5 nitrogen and oxygen atoms in total. The van der Waals surface area contributed by atoms with Crippen LogP contribution in [0.3, 0.4) is 0 Å². The van der Waals surface area contributed by atoms with E-state index in [0.29, 0.717) is 29.8 Å². The molecule has 0 bridgehead atoms. The Balaban J connectivity index is 0.00000312. The van der Waals surface area contributed by atoms with Gasteiger partial charge in [0.1, 0.15) is 0 Å². The van der Waals surface area contributed by atoms with Gasteiger partial charge in [0.15, 0.2) is 5.96 Å². The molecule has 0 spiro atoms. The Morgan fingerprint density at radius 2 is 2.20 bits per heavy atom. The van der Waals surface area contributed by atoms with E-state index < -0.39 is 0 Å². The zero-order valence-corrected chi connectivity index (χ0v) is 18.2. The highest BCUT2D eigenvalue weighted by atomic mass is 127. The standard InChI is InChI=1S/C17H25Cl2N3O2.HI/c1-20-17(22-11-13-5-6-14(18)10-16(13)19)21-7-3-8-23-12-15-4-2-9-24-15;/h5-6,10,15H,2-4,7-9,11-12H2,1H3,(H2,20,21,22);1H. The van der Waals surface area contributed by atoms with Crippen molar-refractivity contribution in [1.29, 1.82) is 0 Å². The van der Waals surface area contributed by atoms with E-state index in [2.05, 4.69) is 15.6 Å². The van der Waals surface area contributed by atoms with Crippen LogP contribution in [-0.4, -0.2) is 45.5 Å². The van der Waals surface area contributed by atoms with Gasteiger partial charge in [-0.15, -0.1) is 24.0 Å². The molecule has 1 aliphatic heterocycles. The van der Waals surface area contributed by atoms with Crippen molar-refractivity contribution in [2.75, 3.05) is 33.4 Å². The average molecular weight is 502 g/mol. The van der Waals surface area contributed by atoms with Gasteiger partial charge in [0.05, 0.1) is 12.7 Å². The molecule has 1 aromatic carbocycles. The summed E-state index contributed by atoms with van der Waals surface area (Å²) in [4.78, 5) is 4.20. The van der Waals surface area contributed by atoms with Crippen molar-refractivity contribution in [2.24, 2.45) is 4.99 Å². The van der Waals surface area contributed by atoms with Crippen molar-refractivity contribution in [3.63, 3.8) is 0 Å². The van der Waals surface area contributed by atoms with Gasteiger partial charge >= 0.3 is 0 Å². The van der Waals surface area contributed by atoms with Crippen molar-refractivity contribution in [3.05, 3.63) is 33.8 Å². The maximum atomic E-state index is 6.16. The molecule has 0 aromatic heterocycles. The summed E-state index contributed by atoms with van der Waals surface area (Å²) < 4.78 is 11.2. The average Bonchev–Trinajstić information content (AvgIpc) is 3.08. The topological polar surface area (TPSA) is 54.9 Å². The lowest BCUT2D eigenvalue weighted by molar-refractivity contribution is 0.0168. The number of ether oxygens (including phenoxy) is 2. The lowest BCUT2D eigenvalue weighted by Gasteiger charge is -2.13. The molecule has 8 heteroatoms. The number of hydrogen-bond acceptors (Lipinski definition) is 3. The van der Waals surface area contributed by atoms with Crippen LogP contribution in [-0.2, 0) is 16.0 Å². The van der Waals surface area contributed by atoms with Gasteiger partial charge in [-0.2, -0.15) is 0 Å². The third-order valence-corrected chi connectivity index (χ3v) is 4.36. The minimum Gasteiger partial charge on any atom is -0.379 e. The highest BCUT2D eigenvalue weighted by Gasteiger charge is 2.14. The van der Waals surface area contributed by atoms with Crippen LogP contribution in [0.5, 0.6) is 0 Å². The van der Waals surface area contributed by atoms with Crippen LogP contribution in [0.15, 0.2) is 23.2 Å². The number of rotatable bonds is 8. The third-order valence-electron chi connectivity index (χ3n) is 3.77. The first-order valence-electron chi connectivity index (χ1n) is 8.27. The highest BCUT2D eigenvalue weighted by molar-refractivity contribution is 14.0. The van der Waals surface area contributed by atoms with Crippen LogP contribution in [0.1, 0.15) is 24.8 Å². The van der Waals surface area contributed by atoms with Gasteiger partial charge in [0.25, 0.3) is 0 Å². The summed E-state index contributed by atoms with van der Waals surface area (Å²) in [6.45, 7) is 3.66. The summed E-state index contributed by atoms with van der Waals surface area (Å²) in [5.74, 6) is 0.736. The fourth-order valence-electron chi connectivity index (χ4n) is 2.44. The second-order valence-electron chi connectivity index (χ2n) is 5.65. The largest absolute Gasteiger partial charge is 0.379 e. The van der Waals surface area contributed by atoms with E-state index >= 15 is 0 Å². The monoisotopic (exact) mass is 501 g/mol. The molecule has 142 valence electrons. The summed E-state index contributed by atoms with van der Waals surface area (Å²) in [6, 6.07) is 5.47. The Hall–Kier alpha value is -0.280. The molecule has 0 amide bonds. The first kappa shape index (κ1) is 22.8. The Morgan fingerprint density at radius 1 is 1.36 bits per heavy atom. The minimum atomic E-state index is 0. The molecule has 1 saturated heterocycles. The number of halogens is 3. The molecule has 2 rings (SSSR count). The fraction of sp³-hybridized carbons (Fsp3) is 0.588. The van der Waals surface area contributed by atoms with E-state index in [4.69, 9.17) is 32.7 Å². The fourth-order valence-corrected chi connectivity index (χ4v) is 2.91. The van der Waals surface area contributed by atoms with Gasteiger partial charge in [-0.05, 0) is 37.0 Å². The summed E-state index contributed by atoms with van der Waals surface area (Å²) in [5.41, 5.74) is 0.976. The second kappa shape index (κ2) is 13.0. The van der Waals surface area contributed by atoms with E-state index in [1.54, 1.807) is 13.1 Å². The second-order valence-corrected chi connectivity index (χ2v) is 6.50. The van der Waals surface area contributed by atoms with Crippen molar-refractivity contribution in [2.45, 2.75) is 31.9 Å². The molecule has 1 aliphatic rings. The van der Waals surface area contributed by atoms with Crippen LogP contribution in [0.2, 0.25) is 10.0 Å². The summed E-state index contributed by atoms with van der Waals surface area (Å²) in [6.07, 6.45) is 3.46. The van der Waals surface area contributed by atoms with Gasteiger partial charge in [-0.1, -0.05) is 29.3 Å². The van der Waals surface area contributed by atoms with Crippen molar-refractivity contribution < 1.29 is 9.47 Å². The third kappa shape index (κ3) is 8.77. The first-order valence-corrected chi connectivity index (χ1v) is 9.02. The molecule has 1 unspecified atom stereocenters. The van der Waals surface area contributed by atoms with E-state index in [1.165, 1.54) is 0 Å². The summed E-state index contributed by atoms with van der Waals surface area (Å²) in [5, 5.41) is 7.77. The Bertz CT molecular complexity index is 541. The van der Waals surface area contributed by atoms with E-state index in [-0.39, 0.29) is 30.1 Å². The van der Waals surface area contributed by atoms with E-state index in [9.17, 15) is 0 Å². The Labute approximate surface area is 176 Å². The Kier molecular flexibility index (Phi) is 11.8. The molecule has 2 N–H and O–H groups in total. The molecular formula is C17H26Cl2IN3O2. The molecule has 1 aromatic rings. The number of aliphatic imine (C=N–C) groups is 1. The number of nitrogens with zero attached hydrogens (tertiary/aromatic N) is 1. The van der Waals surface area contributed by atoms with Gasteiger partial charge < -0.3 is 20.1 Å². The van der Waals surface area contributed by atoms with Crippen molar-refractivity contribution in [3.8, 4) is 0 Å². The minimum absolute atomic E-state index is 0. The molecule has 0 radical (unpaired) electrons. The summed E-state index contributed by atoms with van der Waals surface area (Å²) >= 11 is 12.1. The van der Waals surface area contributed by atoms with E-state index in [1.807, 2.05) is 12.1 Å². The Morgan fingerprint density at radius 3 is 2.88 bits per heavy atom. The smallest absolute Gasteiger partial charge is 0.191 e. The molecule has 1 heterocycles. The van der Waals surface area contributed by atoms with Crippen LogP contribution in [0.25, 0.3) is 0 Å². The highest BCUT2D eigenvalue weighted by Crippen LogP contribution is 2.20. The summed E-state index contributed by atoms with van der Waals surface area (Å²) in [7, 11) is 1.74. The number of nitrogens with one attached hydrogen (secondary N) is 2. The quantitative estimate of drug-likeness (QED) is 0.246. The molecule has 0 saturated carbocycles. The van der Waals surface area contributed by atoms with E-state index in [0.717, 1.165) is 43.9 Å². The van der Waals surface area contributed by atoms with Crippen LogP contribution in [0.4, 0.5) is 0 Å². The molecule has 1 atom stereocenters. The number of hydrogen-bond donors (Lipinski definition) is 2. The SMILES string of the molecule is CN=C(NCCCOCC1CCCO1)NCc1ccc(Cl)cc1Cl.I. The van der Waals surface area contributed by atoms with Crippen molar-refractivity contribution >= 4 is 53.1 Å². The lowest BCUT2D eigenvalue weighted by Crippen LogP contribution is -2.37. The van der Waals surface area contributed by atoms with Gasteiger partial charge in [-0.25, -0.2) is 0 Å². The predicted molar refractivity (Wildman–Crippen MR) is 114 cm³/mol. The number of benzene rings is 1.